The number of likely N-dealkylation sites (tertiary alicyclic amines) is 2. The van der Waals surface area contributed by atoms with E-state index in [1.165, 1.54) is 24.7 Å². The highest BCUT2D eigenvalue weighted by molar-refractivity contribution is 6.38. The molecule has 1 spiro atoms. The first-order chi connectivity index (χ1) is 26.5. The number of nitrogens with one attached hydrogen (secondary N) is 3. The number of amides is 5. The number of rotatable bonds is 15. The van der Waals surface area contributed by atoms with Crippen LogP contribution in [0.2, 0.25) is 0 Å². The highest BCUT2D eigenvalue weighted by Gasteiger charge is 2.65. The third kappa shape index (κ3) is 7.93. The molecule has 3 fully saturated rings. The molecule has 1 unspecified atom stereocenters. The molecule has 5 atom stereocenters. The molecular formula is C42H55N7O6. The van der Waals surface area contributed by atoms with Gasteiger partial charge in [0.2, 0.25) is 23.5 Å². The predicted octanol–water partition coefficient (Wildman–Crippen LogP) is 3.32. The van der Waals surface area contributed by atoms with Crippen LogP contribution in [0.3, 0.4) is 0 Å². The van der Waals surface area contributed by atoms with E-state index < -0.39 is 53.2 Å². The summed E-state index contributed by atoms with van der Waals surface area (Å²) in [7, 11) is 0. The van der Waals surface area contributed by atoms with Gasteiger partial charge in [-0.05, 0) is 67.4 Å². The molecule has 2 aliphatic heterocycles. The summed E-state index contributed by atoms with van der Waals surface area (Å²) in [6.45, 7) is 10.0. The average Bonchev–Trinajstić information content (AvgIpc) is 3.85. The van der Waals surface area contributed by atoms with Gasteiger partial charge in [-0.1, -0.05) is 83.2 Å². The standard InChI is InChI=1S/C42H55N7O6/c1-5-7-15-31(35(50)39(53)45-19-6-2)46-38(52)34-30(26(3)4)16-22-48(34)40(54)33(29-23-27-13-9-10-14-28(27)24-29)49-41(55)36(42(49)17-11-8-12-18-42)47-37(51)32-25-43-20-21-44-32/h6,9-10,13-14,20-21,25-26,29-31,33-34,36H,2,5,7-8,11-12,15-19,22-24H2,1,3-4H3,(H,45,53)(H,46,52)(H,47,51)/t30-,31?,33+,34+,36-/m1/s1. The zero-order chi connectivity index (χ0) is 39.3. The van der Waals surface area contributed by atoms with Crippen molar-refractivity contribution in [3.8, 4) is 0 Å². The quantitative estimate of drug-likeness (QED) is 0.141. The lowest BCUT2D eigenvalue weighted by Gasteiger charge is -2.62. The number of hydrogen-bond acceptors (Lipinski definition) is 8. The lowest BCUT2D eigenvalue weighted by molar-refractivity contribution is -0.183. The van der Waals surface area contributed by atoms with E-state index in [0.717, 1.165) is 36.8 Å². The fourth-order valence-electron chi connectivity index (χ4n) is 9.54. The Morgan fingerprint density at radius 2 is 1.75 bits per heavy atom. The molecule has 6 rings (SSSR count). The van der Waals surface area contributed by atoms with Crippen LogP contribution in [0.4, 0.5) is 0 Å². The van der Waals surface area contributed by atoms with E-state index in [-0.39, 0.29) is 48.2 Å². The number of carbonyl (C=O) groups excluding carboxylic acids is 6. The van der Waals surface area contributed by atoms with Gasteiger partial charge < -0.3 is 25.8 Å². The number of Topliss-reactive ketones (excluding diaryl/α,β-unsaturated/α-hetero) is 1. The van der Waals surface area contributed by atoms with Gasteiger partial charge in [0.1, 0.15) is 23.8 Å². The SMILES string of the molecule is C=CCNC(=O)C(=O)C(CCCC)NC(=O)[C@@H]1[C@@H](C(C)C)CCN1C(=O)[C@H](C1Cc2ccccc2C1)N1C(=O)[C@@H](NC(=O)c2cnccn2)C12CCCCC2. The van der Waals surface area contributed by atoms with Gasteiger partial charge in [0.25, 0.3) is 11.8 Å². The van der Waals surface area contributed by atoms with Gasteiger partial charge >= 0.3 is 0 Å². The van der Waals surface area contributed by atoms with E-state index in [2.05, 4.69) is 44.6 Å². The molecule has 3 N–H and O–H groups in total. The van der Waals surface area contributed by atoms with Gasteiger partial charge in [-0.25, -0.2) is 4.98 Å². The molecule has 3 heterocycles. The monoisotopic (exact) mass is 753 g/mol. The van der Waals surface area contributed by atoms with Crippen molar-refractivity contribution in [2.45, 2.75) is 121 Å². The number of nitrogens with zero attached hydrogens (tertiary/aromatic N) is 4. The predicted molar refractivity (Wildman–Crippen MR) is 205 cm³/mol. The first-order valence-corrected chi connectivity index (χ1v) is 20.0. The summed E-state index contributed by atoms with van der Waals surface area (Å²) < 4.78 is 0. The molecule has 0 radical (unpaired) electrons. The molecule has 1 aromatic carbocycles. The maximum Gasteiger partial charge on any atom is 0.289 e. The summed E-state index contributed by atoms with van der Waals surface area (Å²) >= 11 is 0. The fraction of sp³-hybridized carbons (Fsp3) is 0.571. The number of fused-ring (bicyclic) bond motifs is 1. The molecule has 55 heavy (non-hydrogen) atoms. The van der Waals surface area contributed by atoms with Gasteiger partial charge in [0.05, 0.1) is 17.8 Å². The summed E-state index contributed by atoms with van der Waals surface area (Å²) in [6.07, 6.45) is 13.1. The first kappa shape index (κ1) is 39.7. The average molecular weight is 754 g/mol. The van der Waals surface area contributed by atoms with Crippen molar-refractivity contribution < 1.29 is 28.8 Å². The van der Waals surface area contributed by atoms with Crippen LogP contribution >= 0.6 is 0 Å². The van der Waals surface area contributed by atoms with Crippen molar-refractivity contribution in [2.24, 2.45) is 17.8 Å². The van der Waals surface area contributed by atoms with E-state index >= 15 is 4.79 Å². The highest BCUT2D eigenvalue weighted by atomic mass is 16.2. The van der Waals surface area contributed by atoms with Crippen molar-refractivity contribution in [3.63, 3.8) is 0 Å². The van der Waals surface area contributed by atoms with Crippen LogP contribution in [0.15, 0.2) is 55.5 Å². The van der Waals surface area contributed by atoms with Crippen molar-refractivity contribution in [2.75, 3.05) is 13.1 Å². The second-order valence-corrected chi connectivity index (χ2v) is 16.0. The van der Waals surface area contributed by atoms with Gasteiger partial charge in [0.15, 0.2) is 0 Å². The van der Waals surface area contributed by atoms with Crippen molar-refractivity contribution >= 4 is 35.3 Å². The van der Waals surface area contributed by atoms with Crippen molar-refractivity contribution in [3.05, 3.63) is 72.3 Å². The van der Waals surface area contributed by atoms with Gasteiger partial charge in [-0.15, -0.1) is 6.58 Å². The molecule has 2 saturated heterocycles. The number of β-lactam (4-membered cyclic amide) rings is 1. The third-order valence-electron chi connectivity index (χ3n) is 12.3. The minimum atomic E-state index is -1.05. The number of aromatic nitrogens is 2. The Hall–Kier alpha value is -4.94. The number of carbonyl (C=O) groups is 6. The van der Waals surface area contributed by atoms with Crippen molar-refractivity contribution in [1.29, 1.82) is 0 Å². The fourth-order valence-corrected chi connectivity index (χ4v) is 9.54. The van der Waals surface area contributed by atoms with E-state index in [4.69, 9.17) is 0 Å². The number of hydrogen-bond donors (Lipinski definition) is 3. The Labute approximate surface area is 323 Å². The number of unbranched alkanes of at least 4 members (excludes halogenated alkanes) is 1. The van der Waals surface area contributed by atoms with Crippen molar-refractivity contribution in [1.82, 2.24) is 35.7 Å². The minimum absolute atomic E-state index is 0.0272. The van der Waals surface area contributed by atoms with E-state index in [9.17, 15) is 24.0 Å². The normalized spacial score (nSPS) is 22.8. The second-order valence-electron chi connectivity index (χ2n) is 16.0. The van der Waals surface area contributed by atoms with E-state index in [0.29, 0.717) is 45.1 Å². The molecule has 2 aliphatic carbocycles. The Kier molecular flexibility index (Phi) is 12.5. The lowest BCUT2D eigenvalue weighted by atomic mass is 9.66. The van der Waals surface area contributed by atoms with E-state index in [1.54, 1.807) is 9.80 Å². The maximum absolute atomic E-state index is 15.4. The molecule has 2 aromatic rings. The summed E-state index contributed by atoms with van der Waals surface area (Å²) in [5.41, 5.74) is 1.59. The largest absolute Gasteiger partial charge is 0.346 e. The molecule has 4 aliphatic rings. The second kappa shape index (κ2) is 17.2. The molecule has 13 nitrogen and oxygen atoms in total. The Morgan fingerprint density at radius 3 is 2.36 bits per heavy atom. The number of ketones is 1. The third-order valence-corrected chi connectivity index (χ3v) is 12.3. The summed E-state index contributed by atoms with van der Waals surface area (Å²) in [4.78, 5) is 95.6. The number of benzene rings is 1. The smallest absolute Gasteiger partial charge is 0.289 e. The lowest BCUT2D eigenvalue weighted by Crippen LogP contribution is -2.83. The van der Waals surface area contributed by atoms with Gasteiger partial charge in [0, 0.05) is 25.5 Å². The van der Waals surface area contributed by atoms with Crippen LogP contribution in [-0.2, 0) is 36.8 Å². The van der Waals surface area contributed by atoms with Gasteiger partial charge in [-0.3, -0.25) is 33.8 Å². The van der Waals surface area contributed by atoms with Crippen LogP contribution in [0.5, 0.6) is 0 Å². The molecule has 1 saturated carbocycles. The zero-order valence-corrected chi connectivity index (χ0v) is 32.3. The molecular weight excluding hydrogens is 699 g/mol. The van der Waals surface area contributed by atoms with Crippen LogP contribution in [0, 0.1) is 17.8 Å². The molecule has 13 heteroatoms. The Bertz CT molecular complexity index is 1750. The molecule has 294 valence electrons. The molecule has 5 amide bonds. The van der Waals surface area contributed by atoms with Crippen LogP contribution in [0.25, 0.3) is 0 Å². The topological polar surface area (TPSA) is 171 Å². The first-order valence-electron chi connectivity index (χ1n) is 20.0. The van der Waals surface area contributed by atoms with Crippen LogP contribution < -0.4 is 16.0 Å². The van der Waals surface area contributed by atoms with Gasteiger partial charge in [-0.2, -0.15) is 0 Å². The summed E-state index contributed by atoms with van der Waals surface area (Å²) in [6, 6.07) is 4.42. The maximum atomic E-state index is 15.4. The minimum Gasteiger partial charge on any atom is -0.346 e. The van der Waals surface area contributed by atoms with Crippen LogP contribution in [-0.4, -0.2) is 97.9 Å². The zero-order valence-electron chi connectivity index (χ0n) is 32.3. The Morgan fingerprint density at radius 1 is 1.04 bits per heavy atom. The highest BCUT2D eigenvalue weighted by Crippen LogP contribution is 2.49. The van der Waals surface area contributed by atoms with Crippen LogP contribution in [0.1, 0.15) is 100 Å². The molecule has 1 aromatic heterocycles. The molecule has 0 bridgehead atoms. The van der Waals surface area contributed by atoms with E-state index in [1.807, 2.05) is 32.9 Å². The Balaban J connectivity index is 1.34. The summed E-state index contributed by atoms with van der Waals surface area (Å²) in [5.74, 6) is -3.54. The summed E-state index contributed by atoms with van der Waals surface area (Å²) in [5, 5.41) is 8.40.